The minimum atomic E-state index is 0. The number of amides is 1. The van der Waals surface area contributed by atoms with Crippen LogP contribution in [0.1, 0.15) is 18.4 Å². The van der Waals surface area contributed by atoms with Crippen molar-refractivity contribution in [1.82, 2.24) is 10.6 Å². The van der Waals surface area contributed by atoms with Crippen molar-refractivity contribution >= 4 is 41.5 Å². The molecular weight excluding hydrogens is 307 g/mol. The summed E-state index contributed by atoms with van der Waals surface area (Å²) in [6.45, 7) is 1.45. The standard InChI is InChI=1S/C13H18Cl2N2O.ClH/c1-16-7-2-3-13(18)17-8-6-10-4-5-11(14)9-12(10)15;/h4-5,9,16H,2-3,6-8H2,1H3,(H,17,18);1H. The topological polar surface area (TPSA) is 41.1 Å². The van der Waals surface area contributed by atoms with Crippen molar-refractivity contribution in [2.75, 3.05) is 20.1 Å². The molecule has 0 aliphatic carbocycles. The maximum absolute atomic E-state index is 11.5. The van der Waals surface area contributed by atoms with E-state index in [0.717, 1.165) is 18.5 Å². The van der Waals surface area contributed by atoms with Crippen LogP contribution in [0.5, 0.6) is 0 Å². The quantitative estimate of drug-likeness (QED) is 0.757. The molecule has 0 saturated carbocycles. The lowest BCUT2D eigenvalue weighted by Crippen LogP contribution is -2.26. The lowest BCUT2D eigenvalue weighted by atomic mass is 10.1. The SMILES string of the molecule is CNCCCC(=O)NCCc1ccc(Cl)cc1Cl.Cl. The van der Waals surface area contributed by atoms with Crippen molar-refractivity contribution in [3.63, 3.8) is 0 Å². The van der Waals surface area contributed by atoms with Crippen molar-refractivity contribution in [1.29, 1.82) is 0 Å². The van der Waals surface area contributed by atoms with Crippen LogP contribution in [0.3, 0.4) is 0 Å². The molecule has 0 radical (unpaired) electrons. The average Bonchev–Trinajstić information content (AvgIpc) is 2.32. The predicted molar refractivity (Wildman–Crippen MR) is 83.6 cm³/mol. The van der Waals surface area contributed by atoms with E-state index in [2.05, 4.69) is 10.6 Å². The summed E-state index contributed by atoms with van der Waals surface area (Å²) in [5.74, 6) is 0.0790. The molecule has 1 amide bonds. The highest BCUT2D eigenvalue weighted by Crippen LogP contribution is 2.20. The summed E-state index contributed by atoms with van der Waals surface area (Å²) in [6.07, 6.45) is 2.12. The molecule has 0 fully saturated rings. The van der Waals surface area contributed by atoms with Gasteiger partial charge in [0.25, 0.3) is 0 Å². The smallest absolute Gasteiger partial charge is 0.220 e. The van der Waals surface area contributed by atoms with Crippen LogP contribution in [-0.2, 0) is 11.2 Å². The Labute approximate surface area is 130 Å². The van der Waals surface area contributed by atoms with Crippen molar-refractivity contribution in [2.45, 2.75) is 19.3 Å². The molecule has 0 aliphatic heterocycles. The Hall–Kier alpha value is -0.480. The van der Waals surface area contributed by atoms with Gasteiger partial charge < -0.3 is 10.6 Å². The molecule has 0 aromatic heterocycles. The number of halogens is 3. The van der Waals surface area contributed by atoms with Gasteiger partial charge in [0.05, 0.1) is 0 Å². The minimum absolute atomic E-state index is 0. The number of carbonyl (C=O) groups is 1. The first-order chi connectivity index (χ1) is 8.63. The van der Waals surface area contributed by atoms with Gasteiger partial charge in [0, 0.05) is 23.0 Å². The van der Waals surface area contributed by atoms with Crippen LogP contribution in [0.15, 0.2) is 18.2 Å². The Morgan fingerprint density at radius 1 is 1.26 bits per heavy atom. The second-order valence-corrected chi connectivity index (χ2v) is 4.89. The van der Waals surface area contributed by atoms with E-state index in [1.165, 1.54) is 0 Å². The van der Waals surface area contributed by atoms with Gasteiger partial charge in [-0.2, -0.15) is 0 Å². The van der Waals surface area contributed by atoms with E-state index in [9.17, 15) is 4.79 Å². The number of rotatable bonds is 7. The fourth-order valence-corrected chi connectivity index (χ4v) is 2.08. The maximum atomic E-state index is 11.5. The van der Waals surface area contributed by atoms with Crippen LogP contribution in [0.25, 0.3) is 0 Å². The fraction of sp³-hybridized carbons (Fsp3) is 0.462. The summed E-state index contributed by atoms with van der Waals surface area (Å²) in [5, 5.41) is 7.15. The molecule has 108 valence electrons. The summed E-state index contributed by atoms with van der Waals surface area (Å²) in [4.78, 5) is 11.5. The van der Waals surface area contributed by atoms with Crippen LogP contribution in [-0.4, -0.2) is 26.0 Å². The second kappa shape index (κ2) is 10.3. The number of nitrogens with one attached hydrogen (secondary N) is 2. The third-order valence-corrected chi connectivity index (χ3v) is 3.15. The van der Waals surface area contributed by atoms with Gasteiger partial charge in [0.1, 0.15) is 0 Å². The molecule has 1 aromatic carbocycles. The van der Waals surface area contributed by atoms with Crippen molar-refractivity contribution in [2.24, 2.45) is 0 Å². The van der Waals surface area contributed by atoms with Gasteiger partial charge in [-0.15, -0.1) is 12.4 Å². The summed E-state index contributed by atoms with van der Waals surface area (Å²) in [5.41, 5.74) is 0.997. The van der Waals surface area contributed by atoms with Gasteiger partial charge in [0.15, 0.2) is 0 Å². The molecule has 3 nitrogen and oxygen atoms in total. The van der Waals surface area contributed by atoms with E-state index in [-0.39, 0.29) is 18.3 Å². The summed E-state index contributed by atoms with van der Waals surface area (Å²) < 4.78 is 0. The fourth-order valence-electron chi connectivity index (χ4n) is 1.58. The van der Waals surface area contributed by atoms with E-state index in [1.54, 1.807) is 12.1 Å². The van der Waals surface area contributed by atoms with Gasteiger partial charge >= 0.3 is 0 Å². The van der Waals surface area contributed by atoms with Gasteiger partial charge in [-0.3, -0.25) is 4.79 Å². The van der Waals surface area contributed by atoms with Crippen LogP contribution in [0.2, 0.25) is 10.0 Å². The van der Waals surface area contributed by atoms with Crippen LogP contribution in [0, 0.1) is 0 Å². The van der Waals surface area contributed by atoms with Crippen molar-refractivity contribution in [3.05, 3.63) is 33.8 Å². The molecule has 2 N–H and O–H groups in total. The Bertz CT molecular complexity index is 399. The Kier molecular flexibility index (Phi) is 10.1. The van der Waals surface area contributed by atoms with Crippen molar-refractivity contribution < 1.29 is 4.79 Å². The predicted octanol–water partition coefficient (Wildman–Crippen LogP) is 3.07. The highest BCUT2D eigenvalue weighted by atomic mass is 35.5. The third-order valence-electron chi connectivity index (χ3n) is 2.56. The molecule has 6 heteroatoms. The van der Waals surface area contributed by atoms with Crippen LogP contribution < -0.4 is 10.6 Å². The molecule has 1 aromatic rings. The highest BCUT2D eigenvalue weighted by molar-refractivity contribution is 6.35. The zero-order chi connectivity index (χ0) is 13.4. The minimum Gasteiger partial charge on any atom is -0.356 e. The number of carbonyl (C=O) groups excluding carboxylic acids is 1. The molecule has 19 heavy (non-hydrogen) atoms. The average molecular weight is 326 g/mol. The molecule has 0 atom stereocenters. The van der Waals surface area contributed by atoms with Gasteiger partial charge in [0.2, 0.25) is 5.91 Å². The normalized spacial score (nSPS) is 9.84. The molecule has 0 aliphatic rings. The molecule has 0 saturated heterocycles. The molecule has 0 heterocycles. The van der Waals surface area contributed by atoms with E-state index in [0.29, 0.717) is 29.4 Å². The Morgan fingerprint density at radius 3 is 2.63 bits per heavy atom. The van der Waals surface area contributed by atoms with Gasteiger partial charge in [-0.25, -0.2) is 0 Å². The van der Waals surface area contributed by atoms with E-state index >= 15 is 0 Å². The Balaban J connectivity index is 0.00000324. The van der Waals surface area contributed by atoms with Gasteiger partial charge in [-0.1, -0.05) is 29.3 Å². The summed E-state index contributed by atoms with van der Waals surface area (Å²) in [7, 11) is 1.88. The maximum Gasteiger partial charge on any atom is 0.220 e. The summed E-state index contributed by atoms with van der Waals surface area (Å²) in [6, 6.07) is 5.41. The lowest BCUT2D eigenvalue weighted by Gasteiger charge is -2.07. The first-order valence-corrected chi connectivity index (χ1v) is 6.74. The first-order valence-electron chi connectivity index (χ1n) is 5.98. The van der Waals surface area contributed by atoms with E-state index in [1.807, 2.05) is 13.1 Å². The molecule has 1 rings (SSSR count). The van der Waals surface area contributed by atoms with Crippen LogP contribution in [0.4, 0.5) is 0 Å². The number of hydrogen-bond acceptors (Lipinski definition) is 2. The first kappa shape index (κ1) is 18.5. The second-order valence-electron chi connectivity index (χ2n) is 4.04. The Morgan fingerprint density at radius 2 is 2.00 bits per heavy atom. The van der Waals surface area contributed by atoms with Crippen molar-refractivity contribution in [3.8, 4) is 0 Å². The van der Waals surface area contributed by atoms with E-state index in [4.69, 9.17) is 23.2 Å². The van der Waals surface area contributed by atoms with E-state index < -0.39 is 0 Å². The zero-order valence-electron chi connectivity index (χ0n) is 10.8. The molecule has 0 unspecified atom stereocenters. The third kappa shape index (κ3) is 7.63. The lowest BCUT2D eigenvalue weighted by molar-refractivity contribution is -0.121. The highest BCUT2D eigenvalue weighted by Gasteiger charge is 2.03. The van der Waals surface area contributed by atoms with Crippen LogP contribution >= 0.6 is 35.6 Å². The molecular formula is C13H19Cl3N2O. The van der Waals surface area contributed by atoms with Gasteiger partial charge in [-0.05, 0) is 44.1 Å². The number of hydrogen-bond donors (Lipinski definition) is 2. The molecule has 0 spiro atoms. The monoisotopic (exact) mass is 324 g/mol. The summed E-state index contributed by atoms with van der Waals surface area (Å²) >= 11 is 11.9. The number of benzene rings is 1. The zero-order valence-corrected chi connectivity index (χ0v) is 13.2. The molecule has 0 bridgehead atoms. The largest absolute Gasteiger partial charge is 0.356 e.